The molecule has 0 bridgehead atoms. The van der Waals surface area contributed by atoms with E-state index in [1.54, 1.807) is 12.3 Å². The normalized spacial score (nSPS) is 11.1. The van der Waals surface area contributed by atoms with Crippen LogP contribution in [-0.4, -0.2) is 14.5 Å². The molecule has 4 nitrogen and oxygen atoms in total. The molecule has 0 atom stereocenters. The monoisotopic (exact) mass is 631 g/mol. The van der Waals surface area contributed by atoms with Gasteiger partial charge in [-0.05, 0) is 42.2 Å². The van der Waals surface area contributed by atoms with Crippen LogP contribution >= 0.6 is 0 Å². The molecule has 0 saturated carbocycles. The number of pyridine rings is 1. The van der Waals surface area contributed by atoms with Crippen molar-refractivity contribution in [1.29, 1.82) is 5.26 Å². The Hall–Kier alpha value is -3.84. The van der Waals surface area contributed by atoms with Gasteiger partial charge >= 0.3 is 0 Å². The maximum Gasteiger partial charge on any atom is 0.0560 e. The van der Waals surface area contributed by atoms with Crippen molar-refractivity contribution in [2.24, 2.45) is 0 Å². The van der Waals surface area contributed by atoms with Gasteiger partial charge in [0.1, 0.15) is 0 Å². The van der Waals surface area contributed by atoms with Crippen LogP contribution < -0.4 is 0 Å². The van der Waals surface area contributed by atoms with Crippen LogP contribution in [0.5, 0.6) is 0 Å². The molecule has 5 aromatic rings. The molecule has 0 spiro atoms. The Balaban J connectivity index is 0.000000177. The van der Waals surface area contributed by atoms with Crippen molar-refractivity contribution >= 4 is 0 Å². The van der Waals surface area contributed by atoms with E-state index in [1.807, 2.05) is 60.9 Å². The quantitative estimate of drug-likeness (QED) is 0.215. The van der Waals surface area contributed by atoms with Gasteiger partial charge in [-0.15, -0.1) is 59.7 Å². The number of rotatable bonds is 2. The van der Waals surface area contributed by atoms with Crippen LogP contribution in [-0.2, 0) is 33.1 Å². The molecule has 1 aliphatic rings. The van der Waals surface area contributed by atoms with Crippen LogP contribution in [0.15, 0.2) is 91.4 Å². The molecule has 2 aromatic heterocycles. The molecule has 3 aromatic carbocycles. The summed E-state index contributed by atoms with van der Waals surface area (Å²) in [5.41, 5.74) is 8.12. The molecule has 3 heterocycles. The van der Waals surface area contributed by atoms with Crippen LogP contribution in [0, 0.1) is 30.4 Å². The Morgan fingerprint density at radius 1 is 0.943 bits per heavy atom. The fourth-order valence-electron chi connectivity index (χ4n) is 4.25. The largest absolute Gasteiger partial charge is 0.371 e. The second kappa shape index (κ2) is 11.1. The summed E-state index contributed by atoms with van der Waals surface area (Å²) in [6, 6.07) is 32.4. The van der Waals surface area contributed by atoms with E-state index in [0.717, 1.165) is 46.7 Å². The zero-order chi connectivity index (χ0) is 23.3. The summed E-state index contributed by atoms with van der Waals surface area (Å²) in [4.78, 5) is 8.85. The molecular formula is C30H22IrN4-2. The van der Waals surface area contributed by atoms with Crippen LogP contribution in [0.4, 0.5) is 0 Å². The van der Waals surface area contributed by atoms with Crippen molar-refractivity contribution in [1.82, 2.24) is 14.5 Å². The Labute approximate surface area is 219 Å². The molecule has 1 aliphatic heterocycles. The smallest absolute Gasteiger partial charge is 0.0560 e. The van der Waals surface area contributed by atoms with E-state index in [2.05, 4.69) is 57.9 Å². The van der Waals surface area contributed by atoms with Crippen molar-refractivity contribution in [3.8, 4) is 39.8 Å². The standard InChI is InChI=1S/C19H13N2.C11H9N2.Ir/c1-14-10-11-21-19(17-9-5-6-15(12-17)13-20)18(14)16-7-3-2-4-8-16;1-2-4-10-9(3-1)5-7-13-8-6-12-11(10)13;/h2-11H,1H3;1-3,6,8H,5,7H2;/q2*-1;. The van der Waals surface area contributed by atoms with Gasteiger partial charge in [0.05, 0.1) is 5.82 Å². The Morgan fingerprint density at radius 2 is 1.80 bits per heavy atom. The molecule has 0 aliphatic carbocycles. The Kier molecular flexibility index (Phi) is 7.67. The summed E-state index contributed by atoms with van der Waals surface area (Å²) in [6.07, 6.45) is 6.77. The maximum atomic E-state index is 9.05. The van der Waals surface area contributed by atoms with E-state index in [4.69, 9.17) is 5.26 Å². The molecular weight excluding hydrogens is 609 g/mol. The van der Waals surface area contributed by atoms with Crippen LogP contribution in [0.1, 0.15) is 16.7 Å². The number of hydrogen-bond donors (Lipinski definition) is 0. The number of hydrogen-bond acceptors (Lipinski definition) is 3. The van der Waals surface area contributed by atoms with E-state index in [1.165, 1.54) is 11.1 Å². The number of nitriles is 1. The molecule has 0 fully saturated rings. The predicted octanol–water partition coefficient (Wildman–Crippen LogP) is 6.30. The fraction of sp³-hybridized carbons (Fsp3) is 0.100. The van der Waals surface area contributed by atoms with Gasteiger partial charge in [0, 0.05) is 50.9 Å². The molecule has 0 N–H and O–H groups in total. The van der Waals surface area contributed by atoms with Gasteiger partial charge < -0.3 is 4.57 Å². The molecule has 173 valence electrons. The first-order valence-corrected chi connectivity index (χ1v) is 11.2. The van der Waals surface area contributed by atoms with Gasteiger partial charge in [0.25, 0.3) is 0 Å². The summed E-state index contributed by atoms with van der Waals surface area (Å²) >= 11 is 0. The Morgan fingerprint density at radius 3 is 2.63 bits per heavy atom. The number of nitrogens with zero attached hydrogens (tertiary/aromatic N) is 4. The van der Waals surface area contributed by atoms with Gasteiger partial charge in [0.15, 0.2) is 0 Å². The predicted molar refractivity (Wildman–Crippen MR) is 134 cm³/mol. The van der Waals surface area contributed by atoms with Gasteiger partial charge in [-0.3, -0.25) is 9.97 Å². The summed E-state index contributed by atoms with van der Waals surface area (Å²) < 4.78 is 2.18. The molecule has 5 heteroatoms. The molecule has 1 radical (unpaired) electrons. The van der Waals surface area contributed by atoms with E-state index in [9.17, 15) is 0 Å². The molecule has 0 saturated heterocycles. The van der Waals surface area contributed by atoms with E-state index in [-0.39, 0.29) is 20.1 Å². The van der Waals surface area contributed by atoms with Crippen molar-refractivity contribution in [3.05, 3.63) is 120 Å². The van der Waals surface area contributed by atoms with Crippen LogP contribution in [0.25, 0.3) is 33.8 Å². The number of benzene rings is 3. The molecule has 35 heavy (non-hydrogen) atoms. The number of fused-ring (bicyclic) bond motifs is 3. The number of imidazole rings is 1. The summed E-state index contributed by atoms with van der Waals surface area (Å²) in [5, 5.41) is 9.05. The Bertz CT molecular complexity index is 1480. The zero-order valence-electron chi connectivity index (χ0n) is 19.2. The minimum atomic E-state index is 0. The molecule has 0 unspecified atom stereocenters. The first-order valence-electron chi connectivity index (χ1n) is 11.2. The topological polar surface area (TPSA) is 54.5 Å². The van der Waals surface area contributed by atoms with Crippen molar-refractivity contribution < 1.29 is 20.1 Å². The zero-order valence-corrected chi connectivity index (χ0v) is 21.6. The van der Waals surface area contributed by atoms with Crippen molar-refractivity contribution in [2.75, 3.05) is 0 Å². The van der Waals surface area contributed by atoms with Crippen molar-refractivity contribution in [2.45, 2.75) is 19.9 Å². The minimum Gasteiger partial charge on any atom is -0.371 e. The van der Waals surface area contributed by atoms with Gasteiger partial charge in [0.2, 0.25) is 0 Å². The van der Waals surface area contributed by atoms with E-state index < -0.39 is 0 Å². The van der Waals surface area contributed by atoms with Crippen LogP contribution in [0.2, 0.25) is 0 Å². The molecule has 6 rings (SSSR count). The summed E-state index contributed by atoms with van der Waals surface area (Å²) in [7, 11) is 0. The first kappa shape index (κ1) is 24.3. The summed E-state index contributed by atoms with van der Waals surface area (Å²) in [5.74, 6) is 1.06. The van der Waals surface area contributed by atoms with Crippen molar-refractivity contribution in [3.63, 3.8) is 0 Å². The average Bonchev–Trinajstić information content (AvgIpc) is 3.39. The average molecular weight is 631 g/mol. The van der Waals surface area contributed by atoms with Gasteiger partial charge in [-0.1, -0.05) is 41.5 Å². The molecule has 0 amide bonds. The maximum absolute atomic E-state index is 9.05. The van der Waals surface area contributed by atoms with E-state index in [0.29, 0.717) is 5.56 Å². The summed E-state index contributed by atoms with van der Waals surface area (Å²) in [6.45, 7) is 3.11. The third-order valence-corrected chi connectivity index (χ3v) is 5.90. The number of aromatic nitrogens is 3. The third-order valence-electron chi connectivity index (χ3n) is 5.90. The fourth-order valence-corrected chi connectivity index (χ4v) is 4.25. The SMILES string of the molecule is Cc1ccnc(-c2[c-]c(C#N)ccc2)c1-c1ccccc1.[Ir].[c-]1cccc2c1-c1nccn1CC2. The first-order chi connectivity index (χ1) is 16.7. The second-order valence-corrected chi connectivity index (χ2v) is 8.07. The van der Waals surface area contributed by atoms with Gasteiger partial charge in [-0.2, -0.15) is 0 Å². The number of aryl methyl sites for hydroxylation is 3. The minimum absolute atomic E-state index is 0. The third kappa shape index (κ3) is 5.15. The van der Waals surface area contributed by atoms with E-state index >= 15 is 0 Å². The van der Waals surface area contributed by atoms with Gasteiger partial charge in [-0.25, -0.2) is 5.26 Å². The van der Waals surface area contributed by atoms with Crippen LogP contribution in [0.3, 0.4) is 0 Å². The second-order valence-electron chi connectivity index (χ2n) is 8.07.